The Morgan fingerprint density at radius 2 is 1.04 bits per heavy atom. The van der Waals surface area contributed by atoms with Crippen LogP contribution in [0.25, 0.3) is 0 Å². The molecule has 3 rings (SSSR count). The van der Waals surface area contributed by atoms with E-state index in [0.717, 1.165) is 0 Å². The van der Waals surface area contributed by atoms with Crippen molar-refractivity contribution in [3.8, 4) is 0 Å². The van der Waals surface area contributed by atoms with Gasteiger partial charge in [0, 0.05) is 26.7 Å². The Labute approximate surface area is 167 Å². The maximum Gasteiger partial charge on any atom is 0.253 e. The molecule has 0 atom stereocenters. The molecule has 0 aliphatic rings. The number of carbonyl (C=O) groups is 2. The molecule has 0 spiro atoms. The second-order valence-corrected chi connectivity index (χ2v) is 6.56. The molecule has 6 heteroatoms. The average molecular weight is 399 g/mol. The van der Waals surface area contributed by atoms with Crippen LogP contribution in [0.4, 0.5) is 0 Å². The van der Waals surface area contributed by atoms with Gasteiger partial charge in [-0.05, 0) is 36.4 Å². The zero-order chi connectivity index (χ0) is 19.2. The average Bonchev–Trinajstić information content (AvgIpc) is 2.69. The summed E-state index contributed by atoms with van der Waals surface area (Å²) >= 11 is 12.6. The fourth-order valence-corrected chi connectivity index (χ4v) is 3.19. The lowest BCUT2D eigenvalue weighted by Gasteiger charge is -2.23. The predicted molar refractivity (Wildman–Crippen MR) is 107 cm³/mol. The summed E-state index contributed by atoms with van der Waals surface area (Å²) in [7, 11) is 0. The van der Waals surface area contributed by atoms with Gasteiger partial charge in [-0.1, -0.05) is 65.7 Å². The molecule has 0 unspecified atom stereocenters. The fourth-order valence-electron chi connectivity index (χ4n) is 2.57. The number of rotatable bonds is 5. The molecule has 2 amide bonds. The lowest BCUT2D eigenvalue weighted by Crippen LogP contribution is -2.41. The van der Waals surface area contributed by atoms with Gasteiger partial charge in [-0.3, -0.25) is 9.59 Å². The van der Waals surface area contributed by atoms with Crippen LogP contribution in [-0.4, -0.2) is 11.8 Å². The smallest absolute Gasteiger partial charge is 0.253 e. The highest BCUT2D eigenvalue weighted by molar-refractivity contribution is 6.36. The minimum absolute atomic E-state index is 0.342. The van der Waals surface area contributed by atoms with Gasteiger partial charge in [0.1, 0.15) is 6.17 Å². The molecular weight excluding hydrogens is 383 g/mol. The number of nitrogens with one attached hydrogen (secondary N) is 2. The van der Waals surface area contributed by atoms with Crippen molar-refractivity contribution in [2.24, 2.45) is 0 Å². The van der Waals surface area contributed by atoms with Gasteiger partial charge >= 0.3 is 0 Å². The number of hydrogen-bond acceptors (Lipinski definition) is 2. The van der Waals surface area contributed by atoms with Crippen LogP contribution in [0.5, 0.6) is 0 Å². The quantitative estimate of drug-likeness (QED) is 0.603. The number of hydrogen-bond donors (Lipinski definition) is 2. The van der Waals surface area contributed by atoms with E-state index in [1.165, 1.54) is 0 Å². The van der Waals surface area contributed by atoms with Crippen LogP contribution in [0, 0.1) is 0 Å². The van der Waals surface area contributed by atoms with E-state index in [9.17, 15) is 9.59 Å². The van der Waals surface area contributed by atoms with Crippen molar-refractivity contribution in [2.45, 2.75) is 6.17 Å². The summed E-state index contributed by atoms with van der Waals surface area (Å²) in [5, 5.41) is 6.27. The molecule has 2 N–H and O–H groups in total. The van der Waals surface area contributed by atoms with Gasteiger partial charge in [-0.2, -0.15) is 0 Å². The molecule has 0 fully saturated rings. The summed E-state index contributed by atoms with van der Waals surface area (Å²) < 4.78 is 0. The normalized spacial score (nSPS) is 10.5. The van der Waals surface area contributed by atoms with E-state index in [2.05, 4.69) is 10.6 Å². The number of amides is 2. The third-order valence-corrected chi connectivity index (χ3v) is 4.57. The number of carbonyl (C=O) groups excluding carboxylic acids is 2. The standard InChI is InChI=1S/C21H16Cl2N2O2/c22-16-12-7-13-17(23)18(16)19(24-20(26)14-8-3-1-4-9-14)25-21(27)15-10-5-2-6-11-15/h1-13,19H,(H,24,26)(H,25,27). The van der Waals surface area contributed by atoms with Gasteiger partial charge in [-0.15, -0.1) is 0 Å². The van der Waals surface area contributed by atoms with Crippen LogP contribution in [0.3, 0.4) is 0 Å². The second-order valence-electron chi connectivity index (χ2n) is 5.75. The van der Waals surface area contributed by atoms with Crippen molar-refractivity contribution in [1.29, 1.82) is 0 Å². The summed E-state index contributed by atoms with van der Waals surface area (Å²) in [4.78, 5) is 25.2. The van der Waals surface area contributed by atoms with Crippen LogP contribution in [-0.2, 0) is 0 Å². The molecule has 0 saturated carbocycles. The van der Waals surface area contributed by atoms with Crippen LogP contribution in [0.15, 0.2) is 78.9 Å². The van der Waals surface area contributed by atoms with Crippen molar-refractivity contribution in [2.75, 3.05) is 0 Å². The summed E-state index contributed by atoms with van der Waals surface area (Å²) in [6, 6.07) is 22.4. The summed E-state index contributed by atoms with van der Waals surface area (Å²) in [5.74, 6) is -0.713. The zero-order valence-electron chi connectivity index (χ0n) is 14.2. The van der Waals surface area contributed by atoms with Crippen molar-refractivity contribution in [3.05, 3.63) is 106 Å². The molecule has 0 aliphatic carbocycles. The molecule has 0 bridgehead atoms. The Kier molecular flexibility index (Phi) is 6.12. The highest BCUT2D eigenvalue weighted by atomic mass is 35.5. The molecule has 3 aromatic rings. The van der Waals surface area contributed by atoms with E-state index < -0.39 is 6.17 Å². The second kappa shape index (κ2) is 8.71. The third-order valence-electron chi connectivity index (χ3n) is 3.91. The highest BCUT2D eigenvalue weighted by Gasteiger charge is 2.23. The van der Waals surface area contributed by atoms with E-state index in [1.807, 2.05) is 12.1 Å². The SMILES string of the molecule is O=C(NC(NC(=O)c1ccccc1)c1c(Cl)cccc1Cl)c1ccccc1. The highest BCUT2D eigenvalue weighted by Crippen LogP contribution is 2.29. The van der Waals surface area contributed by atoms with Crippen LogP contribution in [0.2, 0.25) is 10.0 Å². The van der Waals surface area contributed by atoms with Gasteiger partial charge in [-0.25, -0.2) is 0 Å². The van der Waals surface area contributed by atoms with Crippen molar-refractivity contribution in [3.63, 3.8) is 0 Å². The van der Waals surface area contributed by atoms with E-state index >= 15 is 0 Å². The topological polar surface area (TPSA) is 58.2 Å². The molecule has 136 valence electrons. The van der Waals surface area contributed by atoms with Crippen molar-refractivity contribution < 1.29 is 9.59 Å². The number of halogens is 2. The lowest BCUT2D eigenvalue weighted by atomic mass is 10.1. The maximum absolute atomic E-state index is 12.6. The minimum atomic E-state index is -0.897. The van der Waals surface area contributed by atoms with Crippen molar-refractivity contribution in [1.82, 2.24) is 10.6 Å². The van der Waals surface area contributed by atoms with Crippen LogP contribution in [0.1, 0.15) is 32.4 Å². The molecule has 0 aromatic heterocycles. The lowest BCUT2D eigenvalue weighted by molar-refractivity contribution is 0.0883. The molecular formula is C21H16Cl2N2O2. The molecule has 4 nitrogen and oxygen atoms in total. The predicted octanol–water partition coefficient (Wildman–Crippen LogP) is 4.85. The largest absolute Gasteiger partial charge is 0.328 e. The maximum atomic E-state index is 12.6. The molecule has 27 heavy (non-hydrogen) atoms. The Morgan fingerprint density at radius 1 is 0.630 bits per heavy atom. The Balaban J connectivity index is 1.91. The van der Waals surface area contributed by atoms with E-state index in [0.29, 0.717) is 26.7 Å². The summed E-state index contributed by atoms with van der Waals surface area (Å²) in [6.07, 6.45) is -0.897. The molecule has 0 saturated heterocycles. The first-order valence-corrected chi connectivity index (χ1v) is 8.97. The first kappa shape index (κ1) is 19.0. The first-order chi connectivity index (χ1) is 13.1. The first-order valence-electron chi connectivity index (χ1n) is 8.22. The Bertz CT molecular complexity index is 873. The van der Waals surface area contributed by atoms with Crippen LogP contribution < -0.4 is 10.6 Å². The van der Waals surface area contributed by atoms with E-state index in [-0.39, 0.29) is 11.8 Å². The minimum Gasteiger partial charge on any atom is -0.328 e. The third kappa shape index (κ3) is 4.67. The van der Waals surface area contributed by atoms with E-state index in [1.54, 1.807) is 66.7 Å². The number of benzene rings is 3. The van der Waals surface area contributed by atoms with Crippen LogP contribution >= 0.6 is 23.2 Å². The summed E-state index contributed by atoms with van der Waals surface area (Å²) in [6.45, 7) is 0. The van der Waals surface area contributed by atoms with Gasteiger partial charge < -0.3 is 10.6 Å². The fraction of sp³-hybridized carbons (Fsp3) is 0.0476. The Morgan fingerprint density at radius 3 is 1.44 bits per heavy atom. The molecule has 0 heterocycles. The zero-order valence-corrected chi connectivity index (χ0v) is 15.7. The van der Waals surface area contributed by atoms with Gasteiger partial charge in [0.2, 0.25) is 0 Å². The molecule has 0 aliphatic heterocycles. The van der Waals surface area contributed by atoms with Crippen molar-refractivity contribution >= 4 is 35.0 Å². The monoisotopic (exact) mass is 398 g/mol. The molecule has 0 radical (unpaired) electrons. The molecule has 3 aromatic carbocycles. The van der Waals surface area contributed by atoms with Gasteiger partial charge in [0.25, 0.3) is 11.8 Å². The van der Waals surface area contributed by atoms with Gasteiger partial charge in [0.15, 0.2) is 0 Å². The van der Waals surface area contributed by atoms with E-state index in [4.69, 9.17) is 23.2 Å². The van der Waals surface area contributed by atoms with Gasteiger partial charge in [0.05, 0.1) is 0 Å². The Hall–Kier alpha value is -2.82. The summed E-state index contributed by atoms with van der Waals surface area (Å²) in [5.41, 5.74) is 1.34.